The molecule has 0 bridgehead atoms. The summed E-state index contributed by atoms with van der Waals surface area (Å²) in [6.07, 6.45) is 11.3. The normalized spacial score (nSPS) is 22.3. The van der Waals surface area contributed by atoms with Crippen molar-refractivity contribution in [1.82, 2.24) is 9.78 Å². The average Bonchev–Trinajstić information content (AvgIpc) is 2.76. The summed E-state index contributed by atoms with van der Waals surface area (Å²) >= 11 is 5.57. The van der Waals surface area contributed by atoms with Crippen LogP contribution in [0, 0.1) is 0 Å². The van der Waals surface area contributed by atoms with E-state index < -0.39 is 0 Å². The summed E-state index contributed by atoms with van der Waals surface area (Å²) in [5, 5.41) is 4.29. The van der Waals surface area contributed by atoms with Crippen molar-refractivity contribution in [1.29, 1.82) is 0 Å². The molecule has 3 nitrogen and oxygen atoms in total. The van der Waals surface area contributed by atoms with Crippen LogP contribution in [0.3, 0.4) is 0 Å². The molecule has 1 saturated heterocycles. The van der Waals surface area contributed by atoms with E-state index >= 15 is 0 Å². The summed E-state index contributed by atoms with van der Waals surface area (Å²) in [4.78, 5) is 0. The van der Waals surface area contributed by atoms with Gasteiger partial charge in [-0.05, 0) is 19.3 Å². The predicted molar refractivity (Wildman–Crippen MR) is 60.8 cm³/mol. The highest BCUT2D eigenvalue weighted by atomic mass is 35.5. The number of hydrogen-bond donors (Lipinski definition) is 0. The van der Waals surface area contributed by atoms with Gasteiger partial charge in [0.05, 0.1) is 6.20 Å². The molecule has 1 aliphatic rings. The summed E-state index contributed by atoms with van der Waals surface area (Å²) in [5.41, 5.74) is 1.07. The van der Waals surface area contributed by atoms with E-state index in [1.165, 1.54) is 6.42 Å². The molecule has 1 atom stereocenters. The molecule has 0 saturated carbocycles. The molecule has 2 heterocycles. The van der Waals surface area contributed by atoms with Crippen molar-refractivity contribution >= 4 is 17.7 Å². The third kappa shape index (κ3) is 2.83. The number of halogens is 1. The van der Waals surface area contributed by atoms with Gasteiger partial charge in [0.1, 0.15) is 6.23 Å². The molecule has 1 aliphatic heterocycles. The monoisotopic (exact) mass is 226 g/mol. The lowest BCUT2D eigenvalue weighted by Crippen LogP contribution is -2.18. The highest BCUT2D eigenvalue weighted by Crippen LogP contribution is 2.21. The van der Waals surface area contributed by atoms with Crippen LogP contribution in [0.15, 0.2) is 18.5 Å². The highest BCUT2D eigenvalue weighted by molar-refractivity contribution is 6.19. The van der Waals surface area contributed by atoms with Gasteiger partial charge in [0, 0.05) is 24.2 Å². The molecule has 82 valence electrons. The van der Waals surface area contributed by atoms with Gasteiger partial charge >= 0.3 is 0 Å². The Morgan fingerprint density at radius 2 is 2.53 bits per heavy atom. The van der Waals surface area contributed by atoms with Crippen LogP contribution in [0.4, 0.5) is 0 Å². The Kier molecular flexibility index (Phi) is 3.80. The first-order chi connectivity index (χ1) is 7.40. The molecule has 0 aliphatic carbocycles. The maximum absolute atomic E-state index is 5.63. The predicted octanol–water partition coefficient (Wildman–Crippen LogP) is 2.83. The van der Waals surface area contributed by atoms with Crippen molar-refractivity contribution in [2.75, 3.05) is 12.5 Å². The van der Waals surface area contributed by atoms with E-state index in [4.69, 9.17) is 16.3 Å². The van der Waals surface area contributed by atoms with Crippen LogP contribution in [0.5, 0.6) is 0 Å². The van der Waals surface area contributed by atoms with Crippen LogP contribution in [0.1, 0.15) is 31.1 Å². The Morgan fingerprint density at radius 3 is 3.27 bits per heavy atom. The van der Waals surface area contributed by atoms with Crippen molar-refractivity contribution in [2.45, 2.75) is 25.5 Å². The lowest BCUT2D eigenvalue weighted by atomic mass is 10.2. The number of hydrogen-bond acceptors (Lipinski definition) is 2. The summed E-state index contributed by atoms with van der Waals surface area (Å²) < 4.78 is 7.53. The summed E-state index contributed by atoms with van der Waals surface area (Å²) in [6, 6.07) is 0. The number of aromatic nitrogens is 2. The second-order valence-corrected chi connectivity index (χ2v) is 3.94. The molecular formula is C11H15ClN2O. The van der Waals surface area contributed by atoms with E-state index in [1.807, 2.05) is 29.2 Å². The molecule has 0 N–H and O–H groups in total. The van der Waals surface area contributed by atoms with Gasteiger partial charge in [-0.25, -0.2) is 4.68 Å². The summed E-state index contributed by atoms with van der Waals surface area (Å²) in [6.45, 7) is 0.845. The molecule has 0 amide bonds. The van der Waals surface area contributed by atoms with Crippen LogP contribution >= 0.6 is 11.6 Å². The topological polar surface area (TPSA) is 27.1 Å². The molecular weight excluding hydrogens is 212 g/mol. The molecule has 2 rings (SSSR count). The van der Waals surface area contributed by atoms with Crippen LogP contribution in [0.2, 0.25) is 0 Å². The van der Waals surface area contributed by atoms with Gasteiger partial charge < -0.3 is 4.74 Å². The van der Waals surface area contributed by atoms with E-state index in [9.17, 15) is 0 Å². The zero-order valence-corrected chi connectivity index (χ0v) is 9.36. The van der Waals surface area contributed by atoms with Crippen LogP contribution in [-0.2, 0) is 4.74 Å². The van der Waals surface area contributed by atoms with Gasteiger partial charge in [-0.1, -0.05) is 12.2 Å². The molecule has 15 heavy (non-hydrogen) atoms. The number of nitrogens with zero attached hydrogens (tertiary/aromatic N) is 2. The van der Waals surface area contributed by atoms with Crippen molar-refractivity contribution in [3.63, 3.8) is 0 Å². The quantitative estimate of drug-likeness (QED) is 0.742. The van der Waals surface area contributed by atoms with Crippen LogP contribution in [-0.4, -0.2) is 22.3 Å². The molecule has 0 aromatic carbocycles. The van der Waals surface area contributed by atoms with Gasteiger partial charge in [-0.2, -0.15) is 5.10 Å². The number of alkyl halides is 1. The van der Waals surface area contributed by atoms with Crippen molar-refractivity contribution in [2.24, 2.45) is 0 Å². The Morgan fingerprint density at radius 1 is 1.60 bits per heavy atom. The molecule has 1 aromatic rings. The van der Waals surface area contributed by atoms with Crippen molar-refractivity contribution in [3.05, 3.63) is 24.0 Å². The van der Waals surface area contributed by atoms with Crippen LogP contribution in [0.25, 0.3) is 6.08 Å². The summed E-state index contributed by atoms with van der Waals surface area (Å²) in [5.74, 6) is 0.533. The second kappa shape index (κ2) is 5.33. The first-order valence-electron chi connectivity index (χ1n) is 5.28. The minimum Gasteiger partial charge on any atom is -0.357 e. The van der Waals surface area contributed by atoms with Gasteiger partial charge in [0.2, 0.25) is 0 Å². The number of rotatable bonds is 3. The molecule has 0 unspecified atom stereocenters. The standard InChI is InChI=1S/C11H15ClN2O/c12-6-3-4-10-8-13-14(9-10)11-5-1-2-7-15-11/h3-4,8-9,11H,1-2,5-7H2/t11-/m0/s1. The Balaban J connectivity index is 2.02. The molecule has 0 spiro atoms. The Hall–Kier alpha value is -0.800. The van der Waals surface area contributed by atoms with Gasteiger partial charge in [0.15, 0.2) is 0 Å². The number of ether oxygens (including phenoxy) is 1. The van der Waals surface area contributed by atoms with E-state index in [1.54, 1.807) is 0 Å². The second-order valence-electron chi connectivity index (χ2n) is 3.63. The zero-order valence-electron chi connectivity index (χ0n) is 8.60. The average molecular weight is 227 g/mol. The summed E-state index contributed by atoms with van der Waals surface area (Å²) in [7, 11) is 0. The molecule has 0 radical (unpaired) electrons. The lowest BCUT2D eigenvalue weighted by molar-refractivity contribution is -0.0394. The Labute approximate surface area is 94.7 Å². The van der Waals surface area contributed by atoms with Crippen LogP contribution < -0.4 is 0 Å². The molecule has 1 fully saturated rings. The largest absolute Gasteiger partial charge is 0.357 e. The molecule has 1 aromatic heterocycles. The zero-order chi connectivity index (χ0) is 10.5. The maximum atomic E-state index is 5.63. The first kappa shape index (κ1) is 10.7. The van der Waals surface area contributed by atoms with E-state index in [0.29, 0.717) is 5.88 Å². The van der Waals surface area contributed by atoms with E-state index in [-0.39, 0.29) is 6.23 Å². The smallest absolute Gasteiger partial charge is 0.150 e. The van der Waals surface area contributed by atoms with E-state index in [0.717, 1.165) is 25.0 Å². The van der Waals surface area contributed by atoms with Gasteiger partial charge in [-0.15, -0.1) is 11.6 Å². The Bertz CT molecular complexity index is 329. The van der Waals surface area contributed by atoms with Crippen molar-refractivity contribution < 1.29 is 4.74 Å². The fourth-order valence-electron chi connectivity index (χ4n) is 1.71. The van der Waals surface area contributed by atoms with E-state index in [2.05, 4.69) is 5.10 Å². The third-order valence-electron chi connectivity index (χ3n) is 2.47. The molecule has 4 heteroatoms. The highest BCUT2D eigenvalue weighted by Gasteiger charge is 2.15. The van der Waals surface area contributed by atoms with Gasteiger partial charge in [0.25, 0.3) is 0 Å². The fourth-order valence-corrected chi connectivity index (χ4v) is 1.80. The number of allylic oxidation sites excluding steroid dienone is 1. The van der Waals surface area contributed by atoms with Crippen molar-refractivity contribution in [3.8, 4) is 0 Å². The minimum atomic E-state index is 0.122. The lowest BCUT2D eigenvalue weighted by Gasteiger charge is -2.22. The third-order valence-corrected chi connectivity index (χ3v) is 2.65. The first-order valence-corrected chi connectivity index (χ1v) is 5.82. The SMILES string of the molecule is ClCC=Cc1cnn([C@@H]2CCCCO2)c1. The minimum absolute atomic E-state index is 0.122. The van der Waals surface area contributed by atoms with Gasteiger partial charge in [-0.3, -0.25) is 0 Å². The maximum Gasteiger partial charge on any atom is 0.150 e. The fraction of sp³-hybridized carbons (Fsp3) is 0.545.